The van der Waals surface area contributed by atoms with Gasteiger partial charge in [0.05, 0.1) is 12.4 Å². The summed E-state index contributed by atoms with van der Waals surface area (Å²) in [6.07, 6.45) is 1.73. The maximum atomic E-state index is 11.9. The van der Waals surface area contributed by atoms with Gasteiger partial charge in [-0.2, -0.15) is 5.12 Å². The highest BCUT2D eigenvalue weighted by molar-refractivity contribution is 5.85. The summed E-state index contributed by atoms with van der Waals surface area (Å²) in [7, 11) is 0. The van der Waals surface area contributed by atoms with E-state index >= 15 is 0 Å². The van der Waals surface area contributed by atoms with Crippen LogP contribution in [0.15, 0.2) is 17.0 Å². The molecule has 0 aromatic carbocycles. The third kappa shape index (κ3) is 2.41. The quantitative estimate of drug-likeness (QED) is 0.482. The number of hydrogen-bond acceptors (Lipinski definition) is 2. The molecule has 1 heterocycles. The molecule has 2 nitrogen and oxygen atoms in total. The maximum Gasteiger partial charge on any atom is 0.159 e. The van der Waals surface area contributed by atoms with Gasteiger partial charge in [-0.3, -0.25) is 4.99 Å². The first-order valence-electron chi connectivity index (χ1n) is 2.08. The molecule has 52 valence electrons. The van der Waals surface area contributed by atoms with Crippen LogP contribution in [0.25, 0.3) is 0 Å². The van der Waals surface area contributed by atoms with E-state index in [-0.39, 0.29) is 24.2 Å². The molecule has 0 spiro atoms. The molecular formula is C4H5ClF2N2. The molecular weight excluding hydrogens is 150 g/mol. The molecule has 0 aliphatic carbocycles. The van der Waals surface area contributed by atoms with Gasteiger partial charge in [-0.25, -0.2) is 4.39 Å². The van der Waals surface area contributed by atoms with Crippen LogP contribution in [0.1, 0.15) is 0 Å². The Bertz CT molecular complexity index is 146. The summed E-state index contributed by atoms with van der Waals surface area (Å²) in [6.45, 7) is -0.104. The summed E-state index contributed by atoms with van der Waals surface area (Å²) in [5.74, 6) is -0.654. The zero-order chi connectivity index (χ0) is 5.98. The lowest BCUT2D eigenvalue weighted by molar-refractivity contribution is 0.0893. The summed E-state index contributed by atoms with van der Waals surface area (Å²) in [4.78, 5) is 3.32. The first-order chi connectivity index (χ1) is 3.79. The maximum absolute atomic E-state index is 11.9. The summed E-state index contributed by atoms with van der Waals surface area (Å²) >= 11 is 0. The Balaban J connectivity index is 0.000000640. The SMILES string of the molecule is Cl.FC1=CN(F)CN=C1. The van der Waals surface area contributed by atoms with Gasteiger partial charge < -0.3 is 0 Å². The van der Waals surface area contributed by atoms with Crippen LogP contribution in [0.2, 0.25) is 0 Å². The minimum Gasteiger partial charge on any atom is -0.266 e. The van der Waals surface area contributed by atoms with Crippen LogP contribution in [0.5, 0.6) is 0 Å². The van der Waals surface area contributed by atoms with E-state index in [4.69, 9.17) is 0 Å². The number of hydrogen-bond donors (Lipinski definition) is 0. The molecule has 0 radical (unpaired) electrons. The molecule has 1 aliphatic heterocycles. The highest BCUT2D eigenvalue weighted by atomic mass is 35.5. The van der Waals surface area contributed by atoms with Crippen LogP contribution in [0.3, 0.4) is 0 Å². The Kier molecular flexibility index (Phi) is 3.16. The van der Waals surface area contributed by atoms with Gasteiger partial charge in [0.25, 0.3) is 0 Å². The number of nitrogens with zero attached hydrogens (tertiary/aromatic N) is 2. The van der Waals surface area contributed by atoms with Gasteiger partial charge in [0, 0.05) is 0 Å². The zero-order valence-corrected chi connectivity index (χ0v) is 5.24. The standard InChI is InChI=1S/C4H4F2N2.ClH/c5-4-1-7-3-8(6)2-4;/h1-2H,3H2;1H. The monoisotopic (exact) mass is 154 g/mol. The van der Waals surface area contributed by atoms with Crippen LogP contribution >= 0.6 is 12.4 Å². The van der Waals surface area contributed by atoms with Gasteiger partial charge in [-0.15, -0.1) is 12.4 Å². The van der Waals surface area contributed by atoms with Crippen molar-refractivity contribution in [3.63, 3.8) is 0 Å². The van der Waals surface area contributed by atoms with E-state index in [9.17, 15) is 8.87 Å². The predicted octanol–water partition coefficient (Wildman–Crippen LogP) is 1.45. The van der Waals surface area contributed by atoms with E-state index in [2.05, 4.69) is 4.99 Å². The van der Waals surface area contributed by atoms with Crippen molar-refractivity contribution < 1.29 is 8.87 Å². The molecule has 0 unspecified atom stereocenters. The van der Waals surface area contributed by atoms with E-state index < -0.39 is 5.83 Å². The molecule has 1 rings (SSSR count). The summed E-state index contributed by atoms with van der Waals surface area (Å²) in [6, 6.07) is 0. The second-order valence-electron chi connectivity index (χ2n) is 1.37. The van der Waals surface area contributed by atoms with Crippen LogP contribution in [0.4, 0.5) is 8.87 Å². The van der Waals surface area contributed by atoms with Crippen molar-refractivity contribution in [1.82, 2.24) is 5.12 Å². The third-order valence-corrected chi connectivity index (χ3v) is 0.695. The average Bonchev–Trinajstić information content (AvgIpc) is 1.64. The van der Waals surface area contributed by atoms with Gasteiger partial charge in [-0.1, -0.05) is 4.48 Å². The minimum absolute atomic E-state index is 0. The lowest BCUT2D eigenvalue weighted by Gasteiger charge is -2.06. The Morgan fingerprint density at radius 1 is 1.67 bits per heavy atom. The second kappa shape index (κ2) is 3.40. The Labute approximate surface area is 57.2 Å². The van der Waals surface area contributed by atoms with Crippen LogP contribution in [-0.2, 0) is 0 Å². The van der Waals surface area contributed by atoms with Crippen molar-refractivity contribution in [2.75, 3.05) is 6.67 Å². The fourth-order valence-electron chi connectivity index (χ4n) is 0.414. The summed E-state index contributed by atoms with van der Waals surface area (Å²) in [5, 5.41) is 0.176. The first kappa shape index (κ1) is 8.36. The van der Waals surface area contributed by atoms with E-state index in [1.807, 2.05) is 0 Å². The van der Waals surface area contributed by atoms with Gasteiger partial charge in [0.1, 0.15) is 6.67 Å². The number of aliphatic imine (C=N–C) groups is 1. The Hall–Kier alpha value is -0.640. The van der Waals surface area contributed by atoms with E-state index in [1.165, 1.54) is 0 Å². The highest BCUT2D eigenvalue weighted by Gasteiger charge is 2.01. The molecule has 0 amide bonds. The smallest absolute Gasteiger partial charge is 0.159 e. The van der Waals surface area contributed by atoms with Gasteiger partial charge >= 0.3 is 0 Å². The highest BCUT2D eigenvalue weighted by Crippen LogP contribution is 2.02. The fourth-order valence-corrected chi connectivity index (χ4v) is 0.414. The molecule has 0 N–H and O–H groups in total. The lowest BCUT2D eigenvalue weighted by atomic mass is 10.6. The van der Waals surface area contributed by atoms with Gasteiger partial charge in [-0.05, 0) is 0 Å². The van der Waals surface area contributed by atoms with E-state index in [0.29, 0.717) is 0 Å². The molecule has 0 atom stereocenters. The van der Waals surface area contributed by atoms with Crippen molar-refractivity contribution in [2.24, 2.45) is 4.99 Å². The van der Waals surface area contributed by atoms with Crippen molar-refractivity contribution >= 4 is 18.6 Å². The fraction of sp³-hybridized carbons (Fsp3) is 0.250. The second-order valence-corrected chi connectivity index (χ2v) is 1.37. The molecule has 0 bridgehead atoms. The molecule has 0 aromatic heterocycles. The van der Waals surface area contributed by atoms with Crippen LogP contribution in [0, 0.1) is 0 Å². The summed E-state index contributed by atoms with van der Waals surface area (Å²) < 4.78 is 23.7. The number of allylic oxidation sites excluding steroid dienone is 1. The Morgan fingerprint density at radius 3 is 2.67 bits per heavy atom. The number of halogens is 3. The van der Waals surface area contributed by atoms with Gasteiger partial charge in [0.15, 0.2) is 5.83 Å². The summed E-state index contributed by atoms with van der Waals surface area (Å²) in [5.41, 5.74) is 0. The third-order valence-electron chi connectivity index (χ3n) is 0.695. The van der Waals surface area contributed by atoms with Crippen molar-refractivity contribution in [3.05, 3.63) is 12.0 Å². The van der Waals surface area contributed by atoms with E-state index in [0.717, 1.165) is 12.4 Å². The minimum atomic E-state index is -0.654. The first-order valence-corrected chi connectivity index (χ1v) is 2.08. The predicted molar refractivity (Wildman–Crippen MR) is 32.7 cm³/mol. The molecule has 0 saturated carbocycles. The topological polar surface area (TPSA) is 15.6 Å². The molecule has 9 heavy (non-hydrogen) atoms. The zero-order valence-electron chi connectivity index (χ0n) is 4.42. The van der Waals surface area contributed by atoms with Gasteiger partial charge in [0.2, 0.25) is 0 Å². The molecule has 0 aromatic rings. The average molecular weight is 155 g/mol. The van der Waals surface area contributed by atoms with Crippen molar-refractivity contribution in [2.45, 2.75) is 0 Å². The normalized spacial score (nSPS) is 16.7. The van der Waals surface area contributed by atoms with Crippen molar-refractivity contribution in [1.29, 1.82) is 0 Å². The molecule has 1 aliphatic rings. The lowest BCUT2D eigenvalue weighted by Crippen LogP contribution is -2.09. The van der Waals surface area contributed by atoms with Crippen LogP contribution in [-0.4, -0.2) is 18.0 Å². The molecule has 0 fully saturated rings. The largest absolute Gasteiger partial charge is 0.266 e. The molecule has 0 saturated heterocycles. The molecule has 5 heteroatoms. The van der Waals surface area contributed by atoms with Crippen LogP contribution < -0.4 is 0 Å². The van der Waals surface area contributed by atoms with Crippen molar-refractivity contribution in [3.8, 4) is 0 Å². The van der Waals surface area contributed by atoms with E-state index in [1.54, 1.807) is 0 Å². The number of rotatable bonds is 0. The Morgan fingerprint density at radius 2 is 2.33 bits per heavy atom.